The first-order valence-corrected chi connectivity index (χ1v) is 10.8. The van der Waals surface area contributed by atoms with Gasteiger partial charge in [0, 0.05) is 38.5 Å². The Hall–Kier alpha value is -2.45. The maximum Gasteiger partial charge on any atom is 0.250 e. The zero-order chi connectivity index (χ0) is 21.0. The fourth-order valence-electron chi connectivity index (χ4n) is 3.03. The van der Waals surface area contributed by atoms with Crippen LogP contribution in [0, 0.1) is 27.7 Å². The molecule has 6 nitrogen and oxygen atoms in total. The molecule has 0 saturated carbocycles. The SMILES string of the molecule is Cc1cc(C)nc(SCC(=O)N/N=C/c2cc(C)n(-c3cccc(Br)c3)c2C)n1. The van der Waals surface area contributed by atoms with Gasteiger partial charge in [-0.15, -0.1) is 0 Å². The van der Waals surface area contributed by atoms with E-state index in [4.69, 9.17) is 0 Å². The second kappa shape index (κ2) is 9.37. The summed E-state index contributed by atoms with van der Waals surface area (Å²) >= 11 is 4.81. The molecule has 2 aromatic heterocycles. The highest BCUT2D eigenvalue weighted by molar-refractivity contribution is 9.10. The number of benzene rings is 1. The lowest BCUT2D eigenvalue weighted by molar-refractivity contribution is -0.118. The number of aryl methyl sites for hydroxylation is 3. The number of hydrogen-bond acceptors (Lipinski definition) is 5. The Labute approximate surface area is 183 Å². The molecule has 1 amide bonds. The van der Waals surface area contributed by atoms with Gasteiger partial charge in [-0.05, 0) is 58.0 Å². The number of thioether (sulfide) groups is 1. The number of nitrogens with zero attached hydrogens (tertiary/aromatic N) is 4. The summed E-state index contributed by atoms with van der Waals surface area (Å²) in [7, 11) is 0. The summed E-state index contributed by atoms with van der Waals surface area (Å²) in [5, 5.41) is 4.71. The van der Waals surface area contributed by atoms with Crippen molar-refractivity contribution in [3.63, 3.8) is 0 Å². The average Bonchev–Trinajstić information content (AvgIpc) is 2.93. The number of amides is 1. The number of nitrogens with one attached hydrogen (secondary N) is 1. The molecular formula is C21H22BrN5OS. The fourth-order valence-corrected chi connectivity index (χ4v) is 4.15. The number of rotatable bonds is 6. The van der Waals surface area contributed by atoms with Gasteiger partial charge in [-0.2, -0.15) is 5.10 Å². The molecule has 150 valence electrons. The molecule has 0 unspecified atom stereocenters. The number of hydrogen-bond donors (Lipinski definition) is 1. The molecule has 2 heterocycles. The van der Waals surface area contributed by atoms with E-state index in [1.54, 1.807) is 6.21 Å². The Morgan fingerprint density at radius 2 is 1.90 bits per heavy atom. The second-order valence-electron chi connectivity index (χ2n) is 6.66. The minimum Gasteiger partial charge on any atom is -0.318 e. The van der Waals surface area contributed by atoms with Gasteiger partial charge in [0.25, 0.3) is 5.91 Å². The average molecular weight is 472 g/mol. The van der Waals surface area contributed by atoms with Crippen LogP contribution in [0.2, 0.25) is 0 Å². The maximum atomic E-state index is 12.1. The molecule has 0 saturated heterocycles. The van der Waals surface area contributed by atoms with E-state index in [9.17, 15) is 4.79 Å². The van der Waals surface area contributed by atoms with Crippen molar-refractivity contribution >= 4 is 39.8 Å². The highest BCUT2D eigenvalue weighted by Crippen LogP contribution is 2.22. The predicted molar refractivity (Wildman–Crippen MR) is 121 cm³/mol. The summed E-state index contributed by atoms with van der Waals surface area (Å²) in [6.07, 6.45) is 1.67. The third kappa shape index (κ3) is 5.55. The Balaban J connectivity index is 1.63. The fraction of sp³-hybridized carbons (Fsp3) is 0.238. The van der Waals surface area contributed by atoms with Crippen molar-refractivity contribution in [1.29, 1.82) is 0 Å². The summed E-state index contributed by atoms with van der Waals surface area (Å²) in [6, 6.07) is 12.1. The van der Waals surface area contributed by atoms with E-state index in [1.807, 2.05) is 52.0 Å². The standard InChI is InChI=1S/C21H22BrN5OS/c1-13-8-14(2)25-21(24-13)29-12-20(28)26-23-11-17-9-15(3)27(16(17)4)19-7-5-6-18(22)10-19/h5-11H,12H2,1-4H3,(H,26,28)/b23-11+. The van der Waals surface area contributed by atoms with Crippen LogP contribution in [0.4, 0.5) is 0 Å². The Bertz CT molecular complexity index is 1060. The van der Waals surface area contributed by atoms with Crippen LogP contribution in [0.25, 0.3) is 5.69 Å². The van der Waals surface area contributed by atoms with Crippen LogP contribution in [-0.2, 0) is 4.79 Å². The molecule has 8 heteroatoms. The highest BCUT2D eigenvalue weighted by atomic mass is 79.9. The Morgan fingerprint density at radius 1 is 1.17 bits per heavy atom. The first-order chi connectivity index (χ1) is 13.8. The van der Waals surface area contributed by atoms with E-state index in [2.05, 4.69) is 53.1 Å². The maximum absolute atomic E-state index is 12.1. The first-order valence-electron chi connectivity index (χ1n) is 9.05. The molecule has 29 heavy (non-hydrogen) atoms. The molecule has 3 aromatic rings. The molecule has 0 spiro atoms. The van der Waals surface area contributed by atoms with E-state index in [0.29, 0.717) is 5.16 Å². The van der Waals surface area contributed by atoms with E-state index in [-0.39, 0.29) is 11.7 Å². The summed E-state index contributed by atoms with van der Waals surface area (Å²) in [5.74, 6) is 0.00640. The quantitative estimate of drug-likeness (QED) is 0.248. The van der Waals surface area contributed by atoms with E-state index < -0.39 is 0 Å². The minimum absolute atomic E-state index is 0.199. The monoisotopic (exact) mass is 471 g/mol. The van der Waals surface area contributed by atoms with Gasteiger partial charge in [-0.1, -0.05) is 33.8 Å². The zero-order valence-electron chi connectivity index (χ0n) is 16.7. The zero-order valence-corrected chi connectivity index (χ0v) is 19.1. The molecule has 0 aliphatic carbocycles. The lowest BCUT2D eigenvalue weighted by Gasteiger charge is -2.09. The third-order valence-electron chi connectivity index (χ3n) is 4.22. The predicted octanol–water partition coefficient (Wildman–Crippen LogP) is 4.51. The van der Waals surface area contributed by atoms with Crippen LogP contribution in [0.5, 0.6) is 0 Å². The van der Waals surface area contributed by atoms with Crippen LogP contribution in [-0.4, -0.2) is 32.4 Å². The van der Waals surface area contributed by atoms with Crippen LogP contribution in [0.1, 0.15) is 28.3 Å². The summed E-state index contributed by atoms with van der Waals surface area (Å²) in [6.45, 7) is 7.90. The third-order valence-corrected chi connectivity index (χ3v) is 5.56. The Morgan fingerprint density at radius 3 is 2.59 bits per heavy atom. The molecule has 0 aliphatic heterocycles. The van der Waals surface area contributed by atoms with Crippen LogP contribution in [0.15, 0.2) is 51.1 Å². The second-order valence-corrected chi connectivity index (χ2v) is 8.52. The molecular weight excluding hydrogens is 450 g/mol. The van der Waals surface area contributed by atoms with Crippen LogP contribution >= 0.6 is 27.7 Å². The van der Waals surface area contributed by atoms with Crippen molar-refractivity contribution in [3.05, 3.63) is 69.2 Å². The number of carbonyl (C=O) groups is 1. The normalized spacial score (nSPS) is 11.2. The number of aromatic nitrogens is 3. The number of halogens is 1. The van der Waals surface area contributed by atoms with Crippen molar-refractivity contribution in [2.75, 3.05) is 5.75 Å². The Kier molecular flexibility index (Phi) is 6.87. The lowest BCUT2D eigenvalue weighted by atomic mass is 10.2. The van der Waals surface area contributed by atoms with Crippen molar-refractivity contribution in [2.24, 2.45) is 5.10 Å². The van der Waals surface area contributed by atoms with Crippen LogP contribution < -0.4 is 5.43 Å². The molecule has 3 rings (SSSR count). The van der Waals surface area contributed by atoms with Gasteiger partial charge in [0.1, 0.15) is 0 Å². The van der Waals surface area contributed by atoms with Crippen LogP contribution in [0.3, 0.4) is 0 Å². The van der Waals surface area contributed by atoms with Gasteiger partial charge in [0.05, 0.1) is 12.0 Å². The molecule has 1 aromatic carbocycles. The topological polar surface area (TPSA) is 72.2 Å². The number of hydrazone groups is 1. The van der Waals surface area contributed by atoms with Crippen molar-refractivity contribution in [1.82, 2.24) is 20.0 Å². The van der Waals surface area contributed by atoms with Gasteiger partial charge < -0.3 is 4.57 Å². The van der Waals surface area contributed by atoms with Crippen molar-refractivity contribution < 1.29 is 4.79 Å². The smallest absolute Gasteiger partial charge is 0.250 e. The summed E-state index contributed by atoms with van der Waals surface area (Å²) < 4.78 is 3.18. The molecule has 0 fully saturated rings. The van der Waals surface area contributed by atoms with Gasteiger partial charge in [-0.3, -0.25) is 4.79 Å². The molecule has 0 aliphatic rings. The molecule has 0 radical (unpaired) electrons. The largest absolute Gasteiger partial charge is 0.318 e. The van der Waals surface area contributed by atoms with Crippen molar-refractivity contribution in [2.45, 2.75) is 32.9 Å². The molecule has 0 atom stereocenters. The van der Waals surface area contributed by atoms with Gasteiger partial charge in [0.2, 0.25) is 0 Å². The minimum atomic E-state index is -0.199. The van der Waals surface area contributed by atoms with Gasteiger partial charge >= 0.3 is 0 Å². The molecule has 0 bridgehead atoms. The number of carbonyl (C=O) groups excluding carboxylic acids is 1. The lowest BCUT2D eigenvalue weighted by Crippen LogP contribution is -2.19. The van der Waals surface area contributed by atoms with Crippen molar-refractivity contribution in [3.8, 4) is 5.69 Å². The van der Waals surface area contributed by atoms with E-state index in [0.717, 1.165) is 38.5 Å². The van der Waals surface area contributed by atoms with E-state index >= 15 is 0 Å². The summed E-state index contributed by atoms with van der Waals surface area (Å²) in [5.41, 5.74) is 8.52. The van der Waals surface area contributed by atoms with E-state index in [1.165, 1.54) is 11.8 Å². The first kappa shape index (κ1) is 21.3. The summed E-state index contributed by atoms with van der Waals surface area (Å²) in [4.78, 5) is 20.7. The highest BCUT2D eigenvalue weighted by Gasteiger charge is 2.10. The van der Waals surface area contributed by atoms with Gasteiger partial charge in [-0.25, -0.2) is 15.4 Å². The molecule has 1 N–H and O–H groups in total. The van der Waals surface area contributed by atoms with Gasteiger partial charge in [0.15, 0.2) is 5.16 Å².